The van der Waals surface area contributed by atoms with Crippen LogP contribution in [-0.2, 0) is 25.4 Å². The number of aromatic nitrogens is 1. The lowest BCUT2D eigenvalue weighted by Crippen LogP contribution is -2.75. The third-order valence-corrected chi connectivity index (χ3v) is 8.84. The van der Waals surface area contributed by atoms with Crippen LogP contribution in [0.1, 0.15) is 32.4 Å². The Morgan fingerprint density at radius 1 is 1.19 bits per heavy atom. The number of aliphatic hydroxyl groups is 1. The number of thiazole rings is 1. The van der Waals surface area contributed by atoms with E-state index in [4.69, 9.17) is 14.2 Å². The first-order valence-electron chi connectivity index (χ1n) is 13.8. The van der Waals surface area contributed by atoms with E-state index >= 15 is 0 Å². The van der Waals surface area contributed by atoms with Crippen LogP contribution >= 0.6 is 11.3 Å². The van der Waals surface area contributed by atoms with Crippen LogP contribution in [0.25, 0.3) is 0 Å². The van der Waals surface area contributed by atoms with Gasteiger partial charge in [0, 0.05) is 17.1 Å². The first-order valence-corrected chi connectivity index (χ1v) is 14.6. The van der Waals surface area contributed by atoms with Crippen LogP contribution in [0.4, 0.5) is 24.0 Å². The van der Waals surface area contributed by atoms with Crippen molar-refractivity contribution in [1.82, 2.24) is 20.9 Å². The summed E-state index contributed by atoms with van der Waals surface area (Å²) in [6, 6.07) is 4.30. The van der Waals surface area contributed by atoms with Crippen molar-refractivity contribution in [2.24, 2.45) is 0 Å². The van der Waals surface area contributed by atoms with Gasteiger partial charge in [-0.1, -0.05) is 0 Å². The third-order valence-electron chi connectivity index (χ3n) is 8.03. The summed E-state index contributed by atoms with van der Waals surface area (Å²) in [5, 5.41) is 25.6. The van der Waals surface area contributed by atoms with E-state index in [0.29, 0.717) is 29.4 Å². The van der Waals surface area contributed by atoms with E-state index in [1.54, 1.807) is 19.5 Å². The molecule has 3 aliphatic rings. The Kier molecular flexibility index (Phi) is 9.00. The summed E-state index contributed by atoms with van der Waals surface area (Å²) in [6.07, 6.45) is -6.05. The van der Waals surface area contributed by atoms with Gasteiger partial charge in [0.05, 0.1) is 42.5 Å². The van der Waals surface area contributed by atoms with Gasteiger partial charge in [0.2, 0.25) is 5.91 Å². The normalized spacial score (nSPS) is 34.7. The molecule has 5 rings (SSSR count). The molecule has 9 atom stereocenters. The van der Waals surface area contributed by atoms with Crippen LogP contribution in [0.15, 0.2) is 29.6 Å². The minimum Gasteiger partial charge on any atom is -0.406 e. The summed E-state index contributed by atoms with van der Waals surface area (Å²) in [5.74, 6) is -0.580. The summed E-state index contributed by atoms with van der Waals surface area (Å²) in [7, 11) is 3.57. The zero-order chi connectivity index (χ0) is 30.2. The Labute approximate surface area is 245 Å². The molecule has 232 valence electrons. The fourth-order valence-electron chi connectivity index (χ4n) is 5.92. The Morgan fingerprint density at radius 2 is 1.93 bits per heavy atom. The molecule has 2 aromatic rings. The molecule has 11 nitrogen and oxygen atoms in total. The van der Waals surface area contributed by atoms with Crippen molar-refractivity contribution < 1.29 is 42.0 Å². The van der Waals surface area contributed by atoms with Gasteiger partial charge in [-0.15, -0.1) is 24.5 Å². The lowest BCUT2D eigenvalue weighted by Gasteiger charge is -2.58. The smallest absolute Gasteiger partial charge is 0.406 e. The number of likely N-dealkylation sites (N-methyl/N-ethyl adjacent to an activating group) is 2. The summed E-state index contributed by atoms with van der Waals surface area (Å²) in [5.41, 5.74) is 0.0523. The molecule has 1 amide bonds. The monoisotopic (exact) mass is 615 g/mol. The molecule has 3 fully saturated rings. The van der Waals surface area contributed by atoms with Gasteiger partial charge >= 0.3 is 6.36 Å². The number of halogens is 3. The molecule has 6 unspecified atom stereocenters. The van der Waals surface area contributed by atoms with Gasteiger partial charge in [0.1, 0.15) is 17.5 Å². The lowest BCUT2D eigenvalue weighted by atomic mass is 9.79. The number of aliphatic hydroxyl groups excluding tert-OH is 1. The van der Waals surface area contributed by atoms with Gasteiger partial charge in [-0.2, -0.15) is 0 Å². The van der Waals surface area contributed by atoms with Crippen molar-refractivity contribution in [3.63, 3.8) is 0 Å². The van der Waals surface area contributed by atoms with Crippen molar-refractivity contribution in [2.75, 3.05) is 19.4 Å². The lowest BCUT2D eigenvalue weighted by molar-refractivity contribution is -0.379. The topological polar surface area (TPSA) is 135 Å². The van der Waals surface area contributed by atoms with Crippen molar-refractivity contribution in [1.29, 1.82) is 0 Å². The molecule has 0 radical (unpaired) electrons. The molecule has 3 heterocycles. The average Bonchev–Trinajstić information content (AvgIpc) is 3.35. The van der Waals surface area contributed by atoms with Gasteiger partial charge in [0.25, 0.3) is 0 Å². The number of rotatable bonds is 8. The van der Waals surface area contributed by atoms with Crippen LogP contribution in [0, 0.1) is 0 Å². The van der Waals surface area contributed by atoms with Crippen molar-refractivity contribution in [3.8, 4) is 5.75 Å². The van der Waals surface area contributed by atoms with Gasteiger partial charge < -0.3 is 45.3 Å². The van der Waals surface area contributed by atoms with E-state index in [1.165, 1.54) is 35.6 Å². The molecular weight excluding hydrogens is 579 g/mol. The number of anilines is 2. The molecule has 42 heavy (non-hydrogen) atoms. The second-order valence-electron chi connectivity index (χ2n) is 11.0. The number of ether oxygens (including phenoxy) is 4. The van der Waals surface area contributed by atoms with Crippen molar-refractivity contribution in [3.05, 3.63) is 35.3 Å². The van der Waals surface area contributed by atoms with Gasteiger partial charge in [-0.05, 0) is 65.0 Å². The molecule has 0 bridgehead atoms. The van der Waals surface area contributed by atoms with Crippen LogP contribution in [-0.4, -0.2) is 90.9 Å². The standard InChI is InChI=1S/C27H36F3N5O6S/c1-13-9-19(26(2)24(38-13)39-18-11-17(31-3)22(37)21(32-4)23(18)41-26)35-20(36)10-15-12-42-25(34-15)33-14-5-7-16(8-6-14)40-27(28,29)30/h5-8,12-13,17-19,21-24,31-32,37H,9-11H2,1-4H3,(H,33,34)(H,35,36)/t13-,17+,18?,19?,21?,22+,23?,24?,26?/m1/s1. The minimum atomic E-state index is -4.76. The maximum atomic E-state index is 13.2. The molecule has 15 heteroatoms. The zero-order valence-electron chi connectivity index (χ0n) is 23.6. The molecule has 2 saturated heterocycles. The summed E-state index contributed by atoms with van der Waals surface area (Å²) in [6.45, 7) is 3.79. The van der Waals surface area contributed by atoms with Crippen molar-refractivity contribution in [2.45, 2.75) is 93.9 Å². The van der Waals surface area contributed by atoms with Crippen LogP contribution in [0.2, 0.25) is 0 Å². The summed E-state index contributed by atoms with van der Waals surface area (Å²) < 4.78 is 60.3. The number of nitrogens with zero attached hydrogens (tertiary/aromatic N) is 1. The second kappa shape index (κ2) is 12.2. The first kappa shape index (κ1) is 30.9. The van der Waals surface area contributed by atoms with E-state index in [2.05, 4.69) is 31.0 Å². The van der Waals surface area contributed by atoms with Crippen LogP contribution < -0.4 is 26.0 Å². The molecular formula is C27H36F3N5O6S. The maximum Gasteiger partial charge on any atom is 0.573 e. The fraction of sp³-hybridized carbons (Fsp3) is 0.630. The van der Waals surface area contributed by atoms with E-state index < -0.39 is 36.5 Å². The van der Waals surface area contributed by atoms with E-state index in [1.807, 2.05) is 13.8 Å². The number of carbonyl (C=O) groups excluding carboxylic acids is 1. The zero-order valence-corrected chi connectivity index (χ0v) is 24.4. The molecule has 1 saturated carbocycles. The summed E-state index contributed by atoms with van der Waals surface area (Å²) in [4.78, 5) is 17.6. The number of hydrogen-bond donors (Lipinski definition) is 5. The van der Waals surface area contributed by atoms with Crippen LogP contribution in [0.5, 0.6) is 5.75 Å². The minimum absolute atomic E-state index is 0.0115. The van der Waals surface area contributed by atoms with E-state index in [0.717, 1.165) is 0 Å². The largest absolute Gasteiger partial charge is 0.573 e. The van der Waals surface area contributed by atoms with Crippen LogP contribution in [0.3, 0.4) is 0 Å². The Balaban J connectivity index is 1.22. The SMILES string of the molecule is CNC1C2OC3(C)C(NC(=O)Cc4csc(Nc5ccc(OC(F)(F)F)cc5)n4)C[C@@H](C)OC3OC2C[C@H](NC)[C@@H]1O. The molecule has 1 aromatic carbocycles. The summed E-state index contributed by atoms with van der Waals surface area (Å²) >= 11 is 1.27. The number of hydrogen-bond acceptors (Lipinski definition) is 11. The van der Waals surface area contributed by atoms with Crippen molar-refractivity contribution >= 4 is 28.1 Å². The quantitative estimate of drug-likeness (QED) is 0.302. The molecule has 1 aromatic heterocycles. The average molecular weight is 616 g/mol. The Bertz CT molecular complexity index is 1240. The highest BCUT2D eigenvalue weighted by Gasteiger charge is 2.59. The van der Waals surface area contributed by atoms with Gasteiger partial charge in [-0.3, -0.25) is 4.79 Å². The molecule has 5 N–H and O–H groups in total. The van der Waals surface area contributed by atoms with Gasteiger partial charge in [0.15, 0.2) is 11.4 Å². The highest BCUT2D eigenvalue weighted by atomic mass is 32.1. The highest BCUT2D eigenvalue weighted by molar-refractivity contribution is 7.13. The third kappa shape index (κ3) is 6.67. The predicted molar refractivity (Wildman–Crippen MR) is 148 cm³/mol. The number of amides is 1. The molecule has 1 aliphatic carbocycles. The first-order chi connectivity index (χ1) is 19.9. The second-order valence-corrected chi connectivity index (χ2v) is 11.9. The number of carbonyl (C=O) groups is 1. The number of nitrogens with one attached hydrogen (secondary N) is 4. The van der Waals surface area contributed by atoms with E-state index in [-0.39, 0.29) is 42.4 Å². The Hall–Kier alpha value is -2.53. The number of fused-ring (bicyclic) bond motifs is 2. The number of benzene rings is 1. The highest BCUT2D eigenvalue weighted by Crippen LogP contribution is 2.43. The maximum absolute atomic E-state index is 13.2. The molecule has 2 aliphatic heterocycles. The van der Waals surface area contributed by atoms with Gasteiger partial charge in [-0.25, -0.2) is 4.98 Å². The predicted octanol–water partition coefficient (Wildman–Crippen LogP) is 2.43. The molecule has 0 spiro atoms. The number of alkyl halides is 3. The fourth-order valence-corrected chi connectivity index (χ4v) is 6.65. The van der Waals surface area contributed by atoms with E-state index in [9.17, 15) is 23.1 Å². The Morgan fingerprint density at radius 3 is 2.60 bits per heavy atom.